The zero-order chi connectivity index (χ0) is 29.1. The molecule has 6 aromatic carbocycles. The highest BCUT2D eigenvalue weighted by Gasteiger charge is 2.49. The Balaban J connectivity index is 1.39. The van der Waals surface area contributed by atoms with Crippen LogP contribution in [0.5, 0.6) is 0 Å². The molecule has 0 saturated heterocycles. The van der Waals surface area contributed by atoms with E-state index in [1.165, 1.54) is 16.7 Å². The second-order valence-electron chi connectivity index (χ2n) is 11.3. The van der Waals surface area contributed by atoms with E-state index >= 15 is 0 Å². The molecule has 0 aliphatic carbocycles. The van der Waals surface area contributed by atoms with E-state index in [0.29, 0.717) is 0 Å². The van der Waals surface area contributed by atoms with E-state index in [1.807, 2.05) is 24.3 Å². The molecule has 206 valence electrons. The summed E-state index contributed by atoms with van der Waals surface area (Å²) >= 11 is 0. The van der Waals surface area contributed by atoms with Gasteiger partial charge in [0.15, 0.2) is 5.82 Å². The van der Waals surface area contributed by atoms with E-state index < -0.39 is 5.41 Å². The number of imidazole rings is 1. The standard InChI is InChI=1S/C40H26N4/c1-4-14-27(15-5-1)38-41-33-21-11-10-20-31(33)37(43-38)28-24-25-35-32(26-28)40(29-16-6-2-7-17-29,30-18-8-3-9-19-30)39-42-34-22-12-13-23-36(34)44(35)39/h1-26H. The van der Waals surface area contributed by atoms with Crippen molar-refractivity contribution in [3.05, 3.63) is 180 Å². The van der Waals surface area contributed by atoms with Crippen LogP contribution in [0.4, 0.5) is 0 Å². The van der Waals surface area contributed by atoms with Gasteiger partial charge in [0, 0.05) is 16.5 Å². The minimum atomic E-state index is -0.627. The smallest absolute Gasteiger partial charge is 0.160 e. The predicted octanol–water partition coefficient (Wildman–Crippen LogP) is 9.00. The van der Waals surface area contributed by atoms with Crippen molar-refractivity contribution in [2.45, 2.75) is 5.41 Å². The lowest BCUT2D eigenvalue weighted by Gasteiger charge is -2.31. The molecule has 4 nitrogen and oxygen atoms in total. The van der Waals surface area contributed by atoms with Crippen LogP contribution in [-0.4, -0.2) is 19.5 Å². The lowest BCUT2D eigenvalue weighted by Crippen LogP contribution is -2.29. The highest BCUT2D eigenvalue weighted by Crippen LogP contribution is 2.53. The Labute approximate surface area is 255 Å². The van der Waals surface area contributed by atoms with Crippen molar-refractivity contribution in [3.8, 4) is 28.3 Å². The first-order valence-electron chi connectivity index (χ1n) is 14.9. The molecule has 4 heteroatoms. The molecule has 0 saturated carbocycles. The van der Waals surface area contributed by atoms with Crippen LogP contribution in [0.25, 0.3) is 50.3 Å². The largest absolute Gasteiger partial charge is 0.295 e. The highest BCUT2D eigenvalue weighted by molar-refractivity contribution is 5.94. The predicted molar refractivity (Wildman–Crippen MR) is 177 cm³/mol. The number of rotatable bonds is 4. The van der Waals surface area contributed by atoms with Crippen molar-refractivity contribution in [2.24, 2.45) is 0 Å². The molecule has 0 unspecified atom stereocenters. The maximum atomic E-state index is 5.36. The summed E-state index contributed by atoms with van der Waals surface area (Å²) in [5.41, 5.74) is 10.0. The van der Waals surface area contributed by atoms with E-state index in [0.717, 1.165) is 56.1 Å². The van der Waals surface area contributed by atoms with E-state index in [2.05, 4.69) is 138 Å². The molecular formula is C40H26N4. The van der Waals surface area contributed by atoms with Crippen molar-refractivity contribution >= 4 is 21.9 Å². The summed E-state index contributed by atoms with van der Waals surface area (Å²) in [4.78, 5) is 15.5. The Morgan fingerprint density at radius 3 is 1.82 bits per heavy atom. The van der Waals surface area contributed by atoms with Crippen LogP contribution in [0.1, 0.15) is 22.5 Å². The average Bonchev–Trinajstić information content (AvgIpc) is 3.62. The van der Waals surface area contributed by atoms with Gasteiger partial charge in [-0.3, -0.25) is 4.57 Å². The highest BCUT2D eigenvalue weighted by atomic mass is 15.1. The zero-order valence-corrected chi connectivity index (χ0v) is 23.8. The molecule has 3 heterocycles. The van der Waals surface area contributed by atoms with Crippen LogP contribution < -0.4 is 0 Å². The van der Waals surface area contributed by atoms with Crippen LogP contribution in [0, 0.1) is 0 Å². The van der Waals surface area contributed by atoms with Crippen molar-refractivity contribution in [1.82, 2.24) is 19.5 Å². The van der Waals surface area contributed by atoms with Gasteiger partial charge in [-0.25, -0.2) is 15.0 Å². The summed E-state index contributed by atoms with van der Waals surface area (Å²) in [5.74, 6) is 1.72. The zero-order valence-electron chi connectivity index (χ0n) is 23.8. The Morgan fingerprint density at radius 2 is 1.09 bits per heavy atom. The molecule has 0 spiro atoms. The number of nitrogens with zero attached hydrogens (tertiary/aromatic N) is 4. The lowest BCUT2D eigenvalue weighted by molar-refractivity contribution is 0.718. The van der Waals surface area contributed by atoms with Gasteiger partial charge in [-0.05, 0) is 47.0 Å². The van der Waals surface area contributed by atoms with Gasteiger partial charge in [0.25, 0.3) is 0 Å². The van der Waals surface area contributed by atoms with Gasteiger partial charge in [0.2, 0.25) is 0 Å². The number of para-hydroxylation sites is 3. The summed E-state index contributed by atoms with van der Waals surface area (Å²) in [7, 11) is 0. The summed E-state index contributed by atoms with van der Waals surface area (Å²) < 4.78 is 2.35. The second-order valence-corrected chi connectivity index (χ2v) is 11.3. The second kappa shape index (κ2) is 9.58. The Morgan fingerprint density at radius 1 is 0.477 bits per heavy atom. The molecule has 1 aliphatic heterocycles. The molecule has 0 radical (unpaired) electrons. The van der Waals surface area contributed by atoms with E-state index in [4.69, 9.17) is 15.0 Å². The quantitative estimate of drug-likeness (QED) is 0.215. The molecule has 8 aromatic rings. The lowest BCUT2D eigenvalue weighted by atomic mass is 9.69. The van der Waals surface area contributed by atoms with Crippen LogP contribution in [0.2, 0.25) is 0 Å². The fraction of sp³-hybridized carbons (Fsp3) is 0.0250. The molecular weight excluding hydrogens is 536 g/mol. The molecule has 1 aliphatic rings. The summed E-state index contributed by atoms with van der Waals surface area (Å²) in [5, 5.41) is 1.03. The molecule has 44 heavy (non-hydrogen) atoms. The van der Waals surface area contributed by atoms with Gasteiger partial charge in [-0.2, -0.15) is 0 Å². The maximum absolute atomic E-state index is 5.36. The maximum Gasteiger partial charge on any atom is 0.160 e. The molecule has 0 atom stereocenters. The molecule has 2 aromatic heterocycles. The van der Waals surface area contributed by atoms with Gasteiger partial charge in [0.1, 0.15) is 11.2 Å². The van der Waals surface area contributed by atoms with Crippen LogP contribution in [0.15, 0.2) is 158 Å². The SMILES string of the molecule is c1ccc(-c2nc(-c3ccc4c(c3)C(c3ccccc3)(c3ccccc3)c3nc5ccccc5n3-4)c3ccccc3n2)cc1. The Bertz CT molecular complexity index is 2280. The third-order valence-electron chi connectivity index (χ3n) is 8.86. The van der Waals surface area contributed by atoms with Gasteiger partial charge in [0.05, 0.1) is 27.9 Å². The first-order valence-corrected chi connectivity index (χ1v) is 14.9. The van der Waals surface area contributed by atoms with E-state index in [-0.39, 0.29) is 0 Å². The van der Waals surface area contributed by atoms with Gasteiger partial charge < -0.3 is 0 Å². The number of benzene rings is 6. The number of hydrogen-bond acceptors (Lipinski definition) is 3. The third-order valence-corrected chi connectivity index (χ3v) is 8.86. The molecule has 9 rings (SSSR count). The van der Waals surface area contributed by atoms with Crippen molar-refractivity contribution in [3.63, 3.8) is 0 Å². The number of aromatic nitrogens is 4. The minimum absolute atomic E-state index is 0.627. The first-order chi connectivity index (χ1) is 21.8. The van der Waals surface area contributed by atoms with Gasteiger partial charge in [-0.1, -0.05) is 127 Å². The fourth-order valence-electron chi connectivity index (χ4n) is 6.95. The molecule has 0 N–H and O–H groups in total. The van der Waals surface area contributed by atoms with Crippen molar-refractivity contribution in [1.29, 1.82) is 0 Å². The van der Waals surface area contributed by atoms with E-state index in [9.17, 15) is 0 Å². The molecule has 0 amide bonds. The van der Waals surface area contributed by atoms with Gasteiger partial charge in [-0.15, -0.1) is 0 Å². The van der Waals surface area contributed by atoms with Crippen LogP contribution in [0.3, 0.4) is 0 Å². The number of hydrogen-bond donors (Lipinski definition) is 0. The van der Waals surface area contributed by atoms with Gasteiger partial charge >= 0.3 is 0 Å². The third kappa shape index (κ3) is 3.48. The summed E-state index contributed by atoms with van der Waals surface area (Å²) in [6, 6.07) is 55.3. The Kier molecular flexibility index (Phi) is 5.38. The molecule has 0 bridgehead atoms. The Hall–Kier alpha value is -5.87. The summed E-state index contributed by atoms with van der Waals surface area (Å²) in [6.45, 7) is 0. The normalized spacial score (nSPS) is 13.2. The van der Waals surface area contributed by atoms with E-state index in [1.54, 1.807) is 0 Å². The molecule has 0 fully saturated rings. The minimum Gasteiger partial charge on any atom is -0.295 e. The monoisotopic (exact) mass is 562 g/mol. The van der Waals surface area contributed by atoms with Crippen molar-refractivity contribution < 1.29 is 0 Å². The number of fused-ring (bicyclic) bond motifs is 6. The fourth-order valence-corrected chi connectivity index (χ4v) is 6.95. The van der Waals surface area contributed by atoms with Crippen molar-refractivity contribution in [2.75, 3.05) is 0 Å². The summed E-state index contributed by atoms with van der Waals surface area (Å²) in [6.07, 6.45) is 0. The van der Waals surface area contributed by atoms with Crippen LogP contribution >= 0.6 is 0 Å². The van der Waals surface area contributed by atoms with Crippen LogP contribution in [-0.2, 0) is 5.41 Å². The average molecular weight is 563 g/mol. The first kappa shape index (κ1) is 24.7. The topological polar surface area (TPSA) is 43.6 Å².